The number of oxazole rings is 1. The minimum absolute atomic E-state index is 0.0443. The Labute approximate surface area is 189 Å². The Morgan fingerprint density at radius 3 is 2.62 bits per heavy atom. The van der Waals surface area contributed by atoms with Gasteiger partial charge in [-0.15, -0.1) is 0 Å². The quantitative estimate of drug-likeness (QED) is 0.594. The van der Waals surface area contributed by atoms with Crippen LogP contribution < -0.4 is 9.62 Å². The van der Waals surface area contributed by atoms with Crippen LogP contribution in [0.3, 0.4) is 0 Å². The number of halogens is 1. The number of rotatable bonds is 5. The monoisotopic (exact) mass is 475 g/mol. The lowest BCUT2D eigenvalue weighted by atomic mass is 10.1. The zero-order valence-corrected chi connectivity index (χ0v) is 18.5. The van der Waals surface area contributed by atoms with Crippen LogP contribution in [0.5, 0.6) is 0 Å². The Morgan fingerprint density at radius 1 is 1.25 bits per heavy atom. The minimum atomic E-state index is -3.72. The van der Waals surface area contributed by atoms with Crippen molar-refractivity contribution in [3.8, 4) is 17.7 Å². The molecule has 12 heteroatoms. The van der Waals surface area contributed by atoms with Crippen LogP contribution in [0.25, 0.3) is 11.7 Å². The lowest BCUT2D eigenvalue weighted by Gasteiger charge is -2.34. The molecule has 0 bridgehead atoms. The maximum absolute atomic E-state index is 13.0. The lowest BCUT2D eigenvalue weighted by molar-refractivity contribution is 0.0745. The van der Waals surface area contributed by atoms with Gasteiger partial charge in [0, 0.05) is 26.2 Å². The van der Waals surface area contributed by atoms with Gasteiger partial charge in [0.25, 0.3) is 11.8 Å². The van der Waals surface area contributed by atoms with Crippen molar-refractivity contribution >= 4 is 33.4 Å². The van der Waals surface area contributed by atoms with Crippen LogP contribution in [0.4, 0.5) is 5.88 Å². The van der Waals surface area contributed by atoms with E-state index >= 15 is 0 Å². The number of sulfonamides is 1. The topological polar surface area (TPSA) is 133 Å². The third-order valence-electron chi connectivity index (χ3n) is 5.05. The van der Waals surface area contributed by atoms with Crippen LogP contribution in [-0.2, 0) is 10.0 Å². The largest absolute Gasteiger partial charge is 0.459 e. The Morgan fingerprint density at radius 2 is 2.00 bits per heavy atom. The number of furan rings is 1. The fraction of sp³-hybridized carbons (Fsp3) is 0.250. The second-order valence-electron chi connectivity index (χ2n) is 6.89. The number of benzene rings is 1. The van der Waals surface area contributed by atoms with E-state index in [1.165, 1.54) is 31.5 Å². The SMILES string of the molecule is CNS(=O)(=O)c1ccc(Cl)c(C(=O)N2CCN(c3oc(-c4ccco4)nc3C#N)CC2)c1. The van der Waals surface area contributed by atoms with Gasteiger partial charge < -0.3 is 18.6 Å². The summed E-state index contributed by atoms with van der Waals surface area (Å²) in [7, 11) is -2.42. The molecule has 32 heavy (non-hydrogen) atoms. The molecule has 4 rings (SSSR count). The summed E-state index contributed by atoms with van der Waals surface area (Å²) in [4.78, 5) is 20.6. The molecule has 1 amide bonds. The molecule has 1 aliphatic heterocycles. The summed E-state index contributed by atoms with van der Waals surface area (Å²) in [6.45, 7) is 1.41. The van der Waals surface area contributed by atoms with Crippen molar-refractivity contribution in [3.05, 3.63) is 52.9 Å². The van der Waals surface area contributed by atoms with Gasteiger partial charge in [-0.2, -0.15) is 10.2 Å². The van der Waals surface area contributed by atoms with Crippen LogP contribution in [0.15, 0.2) is 50.3 Å². The molecule has 0 radical (unpaired) electrons. The Balaban J connectivity index is 1.51. The van der Waals surface area contributed by atoms with Crippen molar-refractivity contribution in [2.24, 2.45) is 0 Å². The fourth-order valence-corrected chi connectivity index (χ4v) is 4.30. The van der Waals surface area contributed by atoms with Crippen molar-refractivity contribution in [3.63, 3.8) is 0 Å². The molecule has 166 valence electrons. The first-order chi connectivity index (χ1) is 15.3. The van der Waals surface area contributed by atoms with E-state index in [1.54, 1.807) is 17.0 Å². The molecule has 1 saturated heterocycles. The molecule has 1 aromatic carbocycles. The third-order valence-corrected chi connectivity index (χ3v) is 6.79. The average molecular weight is 476 g/mol. The van der Waals surface area contributed by atoms with Crippen molar-refractivity contribution in [1.82, 2.24) is 14.6 Å². The summed E-state index contributed by atoms with van der Waals surface area (Å²) in [6.07, 6.45) is 1.48. The smallest absolute Gasteiger partial charge is 0.266 e. The summed E-state index contributed by atoms with van der Waals surface area (Å²) in [5, 5.41) is 9.59. The molecule has 1 fully saturated rings. The normalized spacial score (nSPS) is 14.4. The Bertz CT molecular complexity index is 1290. The van der Waals surface area contributed by atoms with Crippen LogP contribution in [0, 0.1) is 11.3 Å². The fourth-order valence-electron chi connectivity index (χ4n) is 3.34. The van der Waals surface area contributed by atoms with Gasteiger partial charge in [-0.3, -0.25) is 4.79 Å². The number of amides is 1. The summed E-state index contributed by atoms with van der Waals surface area (Å²) in [5.74, 6) is 0.547. The summed E-state index contributed by atoms with van der Waals surface area (Å²) in [6, 6.07) is 9.39. The summed E-state index contributed by atoms with van der Waals surface area (Å²) < 4.78 is 37.4. The molecule has 3 heterocycles. The molecule has 10 nitrogen and oxygen atoms in total. The van der Waals surface area contributed by atoms with E-state index in [-0.39, 0.29) is 33.0 Å². The molecule has 3 aromatic rings. The van der Waals surface area contributed by atoms with Crippen LogP contribution in [0.2, 0.25) is 5.02 Å². The lowest BCUT2D eigenvalue weighted by Crippen LogP contribution is -2.49. The first kappa shape index (κ1) is 21.9. The van der Waals surface area contributed by atoms with E-state index in [2.05, 4.69) is 9.71 Å². The molecular formula is C20H18ClN5O5S. The standard InChI is InChI=1S/C20H18ClN5O5S/c1-23-32(28,29)13-4-5-15(21)14(11-13)19(27)25-6-8-26(9-7-25)20-16(12-22)24-18(31-20)17-3-2-10-30-17/h2-5,10-11,23H,6-9H2,1H3. The van der Waals surface area contributed by atoms with Crippen molar-refractivity contribution in [2.45, 2.75) is 4.90 Å². The molecule has 1 N–H and O–H groups in total. The van der Waals surface area contributed by atoms with Gasteiger partial charge in [-0.05, 0) is 37.4 Å². The Kier molecular flexibility index (Phi) is 5.92. The molecule has 2 aromatic heterocycles. The average Bonchev–Trinajstić information content (AvgIpc) is 3.49. The second kappa shape index (κ2) is 8.66. The van der Waals surface area contributed by atoms with Crippen molar-refractivity contribution < 1.29 is 22.0 Å². The number of nitrogens with one attached hydrogen (secondary N) is 1. The highest BCUT2D eigenvalue weighted by molar-refractivity contribution is 7.89. The van der Waals surface area contributed by atoms with Gasteiger partial charge in [0.05, 0.1) is 21.7 Å². The maximum Gasteiger partial charge on any atom is 0.266 e. The maximum atomic E-state index is 13.0. The Hall–Kier alpha value is -3.33. The van der Waals surface area contributed by atoms with Crippen LogP contribution in [-0.4, -0.2) is 57.4 Å². The van der Waals surface area contributed by atoms with E-state index in [4.69, 9.17) is 20.4 Å². The number of carbonyl (C=O) groups is 1. The molecule has 0 atom stereocenters. The minimum Gasteiger partial charge on any atom is -0.459 e. The first-order valence-electron chi connectivity index (χ1n) is 9.56. The first-order valence-corrected chi connectivity index (χ1v) is 11.4. The summed E-state index contributed by atoms with van der Waals surface area (Å²) >= 11 is 6.18. The predicted molar refractivity (Wildman–Crippen MR) is 115 cm³/mol. The number of nitriles is 1. The predicted octanol–water partition coefficient (Wildman–Crippen LogP) is 2.33. The molecule has 0 spiro atoms. The number of carbonyl (C=O) groups excluding carboxylic acids is 1. The van der Waals surface area contributed by atoms with Gasteiger partial charge in [0.1, 0.15) is 6.07 Å². The number of hydrogen-bond donors (Lipinski definition) is 1. The molecule has 0 saturated carbocycles. The molecular weight excluding hydrogens is 458 g/mol. The van der Waals surface area contributed by atoms with Gasteiger partial charge >= 0.3 is 0 Å². The van der Waals surface area contributed by atoms with E-state index in [0.717, 1.165) is 0 Å². The van der Waals surface area contributed by atoms with Crippen LogP contribution >= 0.6 is 11.6 Å². The van der Waals surface area contributed by atoms with Gasteiger partial charge in [0.2, 0.25) is 21.6 Å². The van der Waals surface area contributed by atoms with Crippen molar-refractivity contribution in [2.75, 3.05) is 38.1 Å². The number of hydrogen-bond acceptors (Lipinski definition) is 8. The number of anilines is 1. The van der Waals surface area contributed by atoms with Crippen molar-refractivity contribution in [1.29, 1.82) is 5.26 Å². The van der Waals surface area contributed by atoms with Gasteiger partial charge in [-0.1, -0.05) is 11.6 Å². The molecule has 0 aliphatic carbocycles. The van der Waals surface area contributed by atoms with E-state index in [9.17, 15) is 18.5 Å². The third kappa shape index (κ3) is 4.08. The highest BCUT2D eigenvalue weighted by Gasteiger charge is 2.29. The highest BCUT2D eigenvalue weighted by atomic mass is 35.5. The van der Waals surface area contributed by atoms with E-state index < -0.39 is 10.0 Å². The van der Waals surface area contributed by atoms with E-state index in [1.807, 2.05) is 11.0 Å². The number of nitrogens with zero attached hydrogens (tertiary/aromatic N) is 4. The van der Waals surface area contributed by atoms with Crippen LogP contribution in [0.1, 0.15) is 16.1 Å². The molecule has 0 unspecified atom stereocenters. The summed E-state index contributed by atoms with van der Waals surface area (Å²) in [5.41, 5.74) is 0.234. The highest BCUT2D eigenvalue weighted by Crippen LogP contribution is 2.29. The van der Waals surface area contributed by atoms with Gasteiger partial charge in [-0.25, -0.2) is 13.1 Å². The number of piperazine rings is 1. The van der Waals surface area contributed by atoms with E-state index in [0.29, 0.717) is 37.8 Å². The zero-order chi connectivity index (χ0) is 22.9. The number of aromatic nitrogens is 1. The molecule has 1 aliphatic rings. The van der Waals surface area contributed by atoms with Gasteiger partial charge in [0.15, 0.2) is 5.76 Å². The second-order valence-corrected chi connectivity index (χ2v) is 9.18. The zero-order valence-electron chi connectivity index (χ0n) is 16.9.